The highest BCUT2D eigenvalue weighted by molar-refractivity contribution is 7.89. The predicted octanol–water partition coefficient (Wildman–Crippen LogP) is 0.0534. The van der Waals surface area contributed by atoms with E-state index in [9.17, 15) is 8.42 Å². The maximum Gasteiger partial charge on any atom is 0.243 e. The average Bonchev–Trinajstić information content (AvgIpc) is 2.85. The molecule has 1 aromatic heterocycles. The van der Waals surface area contributed by atoms with Crippen LogP contribution in [0.25, 0.3) is 0 Å². The predicted molar refractivity (Wildman–Crippen MR) is 77.0 cm³/mol. The van der Waals surface area contributed by atoms with Gasteiger partial charge in [-0.05, 0) is 13.0 Å². The van der Waals surface area contributed by atoms with Crippen LogP contribution in [0.15, 0.2) is 17.3 Å². The van der Waals surface area contributed by atoms with Crippen LogP contribution in [-0.4, -0.2) is 51.5 Å². The normalized spacial score (nSPS) is 12.2. The molecular formula is C12H24N4O3S. The summed E-state index contributed by atoms with van der Waals surface area (Å²) in [6.45, 7) is 6.71. The number of nitrogens with one attached hydrogen (secondary N) is 2. The molecule has 0 aliphatic heterocycles. The number of sulfonamides is 1. The fourth-order valence-corrected chi connectivity index (χ4v) is 2.45. The molecular weight excluding hydrogens is 280 g/mol. The van der Waals surface area contributed by atoms with E-state index in [2.05, 4.69) is 15.1 Å². The van der Waals surface area contributed by atoms with Crippen molar-refractivity contribution in [2.45, 2.75) is 25.3 Å². The largest absolute Gasteiger partial charge is 0.380 e. The summed E-state index contributed by atoms with van der Waals surface area (Å²) in [6.07, 6.45) is 2.88. The van der Waals surface area contributed by atoms with Gasteiger partial charge in [-0.15, -0.1) is 0 Å². The summed E-state index contributed by atoms with van der Waals surface area (Å²) in [7, 11) is -1.67. The van der Waals surface area contributed by atoms with Gasteiger partial charge in [0.05, 0.1) is 19.3 Å². The van der Waals surface area contributed by atoms with Crippen molar-refractivity contribution in [3.8, 4) is 0 Å². The van der Waals surface area contributed by atoms with Crippen molar-refractivity contribution in [1.29, 1.82) is 0 Å². The van der Waals surface area contributed by atoms with Crippen LogP contribution in [0.2, 0.25) is 0 Å². The first-order valence-electron chi connectivity index (χ1n) is 6.70. The topological polar surface area (TPSA) is 85.2 Å². The van der Waals surface area contributed by atoms with E-state index in [1.54, 1.807) is 4.68 Å². The highest BCUT2D eigenvalue weighted by Crippen LogP contribution is 2.06. The third kappa shape index (κ3) is 6.00. The second kappa shape index (κ2) is 8.35. The van der Waals surface area contributed by atoms with Crippen molar-refractivity contribution in [3.05, 3.63) is 12.4 Å². The number of nitrogens with zero attached hydrogens (tertiary/aromatic N) is 2. The molecule has 0 aromatic carbocycles. The summed E-state index contributed by atoms with van der Waals surface area (Å²) in [6, 6.07) is 0. The lowest BCUT2D eigenvalue weighted by Gasteiger charge is -2.07. The van der Waals surface area contributed by atoms with Crippen molar-refractivity contribution in [3.63, 3.8) is 0 Å². The fourth-order valence-electron chi connectivity index (χ4n) is 1.48. The molecule has 1 heterocycles. The summed E-state index contributed by atoms with van der Waals surface area (Å²) in [5.41, 5.74) is 0. The molecule has 116 valence electrons. The fraction of sp³-hybridized carbons (Fsp3) is 0.750. The lowest BCUT2D eigenvalue weighted by Crippen LogP contribution is -2.27. The van der Waals surface area contributed by atoms with Crippen molar-refractivity contribution < 1.29 is 13.2 Å². The van der Waals surface area contributed by atoms with E-state index in [1.807, 2.05) is 20.9 Å². The van der Waals surface area contributed by atoms with E-state index in [0.29, 0.717) is 25.7 Å². The van der Waals surface area contributed by atoms with E-state index in [0.717, 1.165) is 6.54 Å². The first-order valence-corrected chi connectivity index (χ1v) is 8.18. The van der Waals surface area contributed by atoms with Crippen LogP contribution in [0.1, 0.15) is 13.8 Å². The Morgan fingerprint density at radius 3 is 2.80 bits per heavy atom. The number of aromatic nitrogens is 2. The Balaban J connectivity index is 2.41. The van der Waals surface area contributed by atoms with Gasteiger partial charge in [-0.25, -0.2) is 13.1 Å². The molecule has 0 fully saturated rings. The van der Waals surface area contributed by atoms with Gasteiger partial charge in [0.25, 0.3) is 0 Å². The van der Waals surface area contributed by atoms with Crippen LogP contribution in [0.5, 0.6) is 0 Å². The highest BCUT2D eigenvalue weighted by atomic mass is 32.2. The molecule has 2 N–H and O–H groups in total. The number of rotatable bonds is 10. The molecule has 0 saturated carbocycles. The molecule has 20 heavy (non-hydrogen) atoms. The molecule has 0 unspecified atom stereocenters. The monoisotopic (exact) mass is 304 g/mol. The number of ether oxygens (including phenoxy) is 1. The summed E-state index contributed by atoms with van der Waals surface area (Å²) in [4.78, 5) is 0.178. The van der Waals surface area contributed by atoms with Gasteiger partial charge in [0.2, 0.25) is 10.0 Å². The molecule has 0 spiro atoms. The van der Waals surface area contributed by atoms with E-state index in [1.165, 1.54) is 12.4 Å². The first kappa shape index (κ1) is 17.1. The minimum Gasteiger partial charge on any atom is -0.380 e. The molecule has 1 aromatic rings. The van der Waals surface area contributed by atoms with E-state index in [4.69, 9.17) is 4.74 Å². The maximum atomic E-state index is 12.0. The van der Waals surface area contributed by atoms with Gasteiger partial charge in [-0.1, -0.05) is 13.8 Å². The van der Waals surface area contributed by atoms with Crippen LogP contribution in [-0.2, 0) is 21.3 Å². The Hall–Kier alpha value is -0.960. The van der Waals surface area contributed by atoms with Gasteiger partial charge in [0.1, 0.15) is 4.90 Å². The van der Waals surface area contributed by atoms with Crippen LogP contribution in [0.3, 0.4) is 0 Å². The number of hydrogen-bond donors (Lipinski definition) is 2. The Labute approximate surface area is 120 Å². The lowest BCUT2D eigenvalue weighted by molar-refractivity contribution is 0.114. The standard InChI is InChI=1S/C12H24N4O3S/c1-11(2)10-19-7-5-15-20(17,18)12-8-14-16(9-12)6-4-13-3/h8-9,11,13,15H,4-7,10H2,1-3H3. The zero-order valence-corrected chi connectivity index (χ0v) is 13.1. The van der Waals surface area contributed by atoms with Crippen molar-refractivity contribution in [2.24, 2.45) is 5.92 Å². The quantitative estimate of drug-likeness (QED) is 0.597. The molecule has 0 bridgehead atoms. The Morgan fingerprint density at radius 1 is 1.40 bits per heavy atom. The molecule has 1 rings (SSSR count). The van der Waals surface area contributed by atoms with Gasteiger partial charge in [0, 0.05) is 25.9 Å². The summed E-state index contributed by atoms with van der Waals surface area (Å²) < 4.78 is 33.4. The Morgan fingerprint density at radius 2 is 2.15 bits per heavy atom. The third-order valence-corrected chi connectivity index (χ3v) is 3.92. The van der Waals surface area contributed by atoms with Gasteiger partial charge < -0.3 is 10.1 Å². The van der Waals surface area contributed by atoms with Crippen molar-refractivity contribution in [2.75, 3.05) is 33.4 Å². The van der Waals surface area contributed by atoms with Crippen LogP contribution in [0.4, 0.5) is 0 Å². The molecule has 8 heteroatoms. The smallest absolute Gasteiger partial charge is 0.243 e. The number of hydrogen-bond acceptors (Lipinski definition) is 5. The summed E-state index contributed by atoms with van der Waals surface area (Å²) in [5.74, 6) is 0.442. The molecule has 0 atom stereocenters. The van der Waals surface area contributed by atoms with Gasteiger partial charge in [0.15, 0.2) is 0 Å². The molecule has 0 aliphatic rings. The highest BCUT2D eigenvalue weighted by Gasteiger charge is 2.15. The van der Waals surface area contributed by atoms with Gasteiger partial charge in [-0.2, -0.15) is 5.10 Å². The zero-order chi connectivity index (χ0) is 15.0. The Bertz CT molecular complexity index is 485. The minimum atomic E-state index is -3.50. The van der Waals surface area contributed by atoms with E-state index in [-0.39, 0.29) is 11.4 Å². The van der Waals surface area contributed by atoms with E-state index >= 15 is 0 Å². The van der Waals surface area contributed by atoms with Crippen LogP contribution >= 0.6 is 0 Å². The average molecular weight is 304 g/mol. The Kier molecular flexibility index (Phi) is 7.14. The zero-order valence-electron chi connectivity index (χ0n) is 12.3. The second-order valence-corrected chi connectivity index (χ2v) is 6.68. The van der Waals surface area contributed by atoms with Gasteiger partial charge in [-0.3, -0.25) is 4.68 Å². The summed E-state index contributed by atoms with van der Waals surface area (Å²) >= 11 is 0. The maximum absolute atomic E-state index is 12.0. The lowest BCUT2D eigenvalue weighted by atomic mass is 10.2. The molecule has 0 saturated heterocycles. The van der Waals surface area contributed by atoms with Crippen LogP contribution < -0.4 is 10.0 Å². The minimum absolute atomic E-state index is 0.178. The van der Waals surface area contributed by atoms with Crippen LogP contribution in [0, 0.1) is 5.92 Å². The molecule has 0 aliphatic carbocycles. The van der Waals surface area contributed by atoms with Crippen molar-refractivity contribution in [1.82, 2.24) is 19.8 Å². The molecule has 7 nitrogen and oxygen atoms in total. The molecule has 0 amide bonds. The second-order valence-electron chi connectivity index (χ2n) is 4.91. The SMILES string of the molecule is CNCCn1cc(S(=O)(=O)NCCOCC(C)C)cn1. The third-order valence-electron chi connectivity index (χ3n) is 2.50. The van der Waals surface area contributed by atoms with E-state index < -0.39 is 10.0 Å². The first-order chi connectivity index (χ1) is 9.45. The molecule has 0 radical (unpaired) electrons. The van der Waals surface area contributed by atoms with Crippen molar-refractivity contribution >= 4 is 10.0 Å². The van der Waals surface area contributed by atoms with Gasteiger partial charge >= 0.3 is 0 Å². The number of likely N-dealkylation sites (N-methyl/N-ethyl adjacent to an activating group) is 1. The summed E-state index contributed by atoms with van der Waals surface area (Å²) in [5, 5.41) is 6.99.